The van der Waals surface area contributed by atoms with E-state index in [0.29, 0.717) is 24.3 Å². The fraction of sp³-hybridized carbons (Fsp3) is 0.538. The Morgan fingerprint density at radius 3 is 3.00 bits per heavy atom. The van der Waals surface area contributed by atoms with Gasteiger partial charge >= 0.3 is 0 Å². The van der Waals surface area contributed by atoms with E-state index < -0.39 is 0 Å². The molecule has 1 N–H and O–H groups in total. The van der Waals surface area contributed by atoms with Gasteiger partial charge in [-0.3, -0.25) is 4.90 Å². The molecule has 0 amide bonds. The van der Waals surface area contributed by atoms with Gasteiger partial charge in [0.1, 0.15) is 6.61 Å². The van der Waals surface area contributed by atoms with Gasteiger partial charge in [0.25, 0.3) is 0 Å². The maximum absolute atomic E-state index is 9.88. The molecular weight excluding hydrogens is 318 g/mol. The number of likely N-dealkylation sites (tertiary alicyclic amines) is 1. The van der Waals surface area contributed by atoms with Crippen LogP contribution >= 0.6 is 28.3 Å². The molecule has 0 spiro atoms. The monoisotopic (exact) mass is 333 g/mol. The third kappa shape index (κ3) is 2.10. The average molecular weight is 335 g/mol. The lowest BCUT2D eigenvalue weighted by atomic mass is 9.82. The van der Waals surface area contributed by atoms with Gasteiger partial charge in [0.15, 0.2) is 11.5 Å². The lowest BCUT2D eigenvalue weighted by Gasteiger charge is -2.43. The Labute approximate surface area is 122 Å². The molecule has 1 aromatic carbocycles. The minimum Gasteiger partial charge on any atom is -0.504 e. The summed E-state index contributed by atoms with van der Waals surface area (Å²) in [5.41, 5.74) is 1.15. The van der Waals surface area contributed by atoms with Crippen molar-refractivity contribution in [2.24, 2.45) is 0 Å². The van der Waals surface area contributed by atoms with Crippen LogP contribution in [0.5, 0.6) is 11.5 Å². The van der Waals surface area contributed by atoms with Crippen molar-refractivity contribution >= 4 is 28.3 Å². The molecule has 2 aliphatic heterocycles. The summed E-state index contributed by atoms with van der Waals surface area (Å²) in [6, 6.07) is 4.04. The average Bonchev–Trinajstić information content (AvgIpc) is 2.33. The van der Waals surface area contributed by atoms with Crippen LogP contribution < -0.4 is 4.74 Å². The van der Waals surface area contributed by atoms with E-state index in [-0.39, 0.29) is 18.2 Å². The van der Waals surface area contributed by atoms with Crippen molar-refractivity contribution in [1.82, 2.24) is 4.90 Å². The molecule has 1 fully saturated rings. The molecule has 0 saturated carbocycles. The quantitative estimate of drug-likeness (QED) is 0.791. The first-order chi connectivity index (χ1) is 8.18. The van der Waals surface area contributed by atoms with E-state index >= 15 is 0 Å². The zero-order valence-electron chi connectivity index (χ0n) is 10.2. The predicted octanol–water partition coefficient (Wildman–Crippen LogP) is 3.15. The molecule has 0 aromatic heterocycles. The summed E-state index contributed by atoms with van der Waals surface area (Å²) in [5, 5.41) is 9.88. The summed E-state index contributed by atoms with van der Waals surface area (Å²) in [5.74, 6) is 1.41. The smallest absolute Gasteiger partial charge is 0.165 e. The van der Waals surface area contributed by atoms with Crippen molar-refractivity contribution in [2.75, 3.05) is 20.2 Å². The van der Waals surface area contributed by atoms with Crippen LogP contribution in [0.3, 0.4) is 0 Å². The molecule has 2 aliphatic rings. The summed E-state index contributed by atoms with van der Waals surface area (Å²) in [6.07, 6.45) is 2.38. The Bertz CT molecular complexity index is 455. The molecule has 2 atom stereocenters. The third-order valence-corrected chi connectivity index (χ3v) is 4.64. The van der Waals surface area contributed by atoms with E-state index in [2.05, 4.69) is 27.9 Å². The van der Waals surface area contributed by atoms with E-state index in [1.54, 1.807) is 6.07 Å². The molecule has 0 aliphatic carbocycles. The predicted molar refractivity (Wildman–Crippen MR) is 76.9 cm³/mol. The van der Waals surface area contributed by atoms with Gasteiger partial charge in [0.2, 0.25) is 0 Å². The number of hydrogen-bond acceptors (Lipinski definition) is 3. The van der Waals surface area contributed by atoms with Crippen molar-refractivity contribution in [1.29, 1.82) is 0 Å². The molecule has 100 valence electrons. The number of likely N-dealkylation sites (N-methyl/N-ethyl adjacent to an activating group) is 1. The number of hydrogen-bond donors (Lipinski definition) is 1. The molecule has 3 rings (SSSR count). The van der Waals surface area contributed by atoms with E-state index in [1.807, 2.05) is 6.07 Å². The number of benzene rings is 1. The normalized spacial score (nSPS) is 26.6. The highest BCUT2D eigenvalue weighted by molar-refractivity contribution is 9.10. The molecule has 1 aromatic rings. The summed E-state index contributed by atoms with van der Waals surface area (Å²) in [6.45, 7) is 1.81. The number of fused-ring (bicyclic) bond motifs is 3. The highest BCUT2D eigenvalue weighted by Crippen LogP contribution is 2.47. The van der Waals surface area contributed by atoms with Crippen molar-refractivity contribution in [2.45, 2.75) is 24.8 Å². The van der Waals surface area contributed by atoms with Gasteiger partial charge < -0.3 is 9.84 Å². The van der Waals surface area contributed by atoms with Crippen LogP contribution in [0.15, 0.2) is 16.6 Å². The van der Waals surface area contributed by atoms with E-state index in [4.69, 9.17) is 4.74 Å². The van der Waals surface area contributed by atoms with Gasteiger partial charge in [-0.25, -0.2) is 0 Å². The minimum absolute atomic E-state index is 0. The van der Waals surface area contributed by atoms with Gasteiger partial charge in [-0.05, 0) is 38.6 Å². The SMILES string of the molecule is CN1CCC[C@H]2c3c(Br)ccc(O)c3OC[C@@H]21.Cl. The largest absolute Gasteiger partial charge is 0.504 e. The number of aromatic hydroxyl groups is 1. The standard InChI is InChI=1S/C13H16BrNO2.ClH/c1-15-6-2-3-8-10(15)7-17-13-11(16)5-4-9(14)12(8)13;/h4-5,8,10,16H,2-3,6-7H2,1H3;1H/t8-,10+;/m1./s1. The number of nitrogens with zero attached hydrogens (tertiary/aromatic N) is 1. The molecule has 0 bridgehead atoms. The Morgan fingerprint density at radius 2 is 2.22 bits per heavy atom. The van der Waals surface area contributed by atoms with E-state index in [9.17, 15) is 5.11 Å². The Hall–Kier alpha value is -0.450. The fourth-order valence-electron chi connectivity index (χ4n) is 3.04. The first-order valence-electron chi connectivity index (χ1n) is 6.03. The number of piperidine rings is 1. The van der Waals surface area contributed by atoms with Crippen LogP contribution in [0.25, 0.3) is 0 Å². The van der Waals surface area contributed by atoms with Crippen molar-refractivity contribution in [3.05, 3.63) is 22.2 Å². The summed E-state index contributed by atoms with van der Waals surface area (Å²) < 4.78 is 6.80. The lowest BCUT2D eigenvalue weighted by Crippen LogP contribution is -2.47. The van der Waals surface area contributed by atoms with Gasteiger partial charge in [0, 0.05) is 16.0 Å². The number of rotatable bonds is 0. The number of phenols is 1. The highest BCUT2D eigenvalue weighted by Gasteiger charge is 2.38. The topological polar surface area (TPSA) is 32.7 Å². The van der Waals surface area contributed by atoms with Gasteiger partial charge in [-0.1, -0.05) is 15.9 Å². The Balaban J connectivity index is 0.00000120. The van der Waals surface area contributed by atoms with Crippen LogP contribution in [0.2, 0.25) is 0 Å². The Kier molecular flexibility index (Phi) is 4.09. The molecule has 0 radical (unpaired) electrons. The van der Waals surface area contributed by atoms with Crippen molar-refractivity contribution in [3.8, 4) is 11.5 Å². The molecule has 2 heterocycles. The van der Waals surface area contributed by atoms with Crippen molar-refractivity contribution < 1.29 is 9.84 Å². The zero-order valence-corrected chi connectivity index (χ0v) is 12.6. The van der Waals surface area contributed by atoms with Gasteiger partial charge in [-0.2, -0.15) is 0 Å². The highest BCUT2D eigenvalue weighted by atomic mass is 79.9. The van der Waals surface area contributed by atoms with E-state index in [0.717, 1.165) is 16.6 Å². The first-order valence-corrected chi connectivity index (χ1v) is 6.82. The maximum atomic E-state index is 9.88. The number of phenolic OH excluding ortho intramolecular Hbond substituents is 1. The molecule has 0 unspecified atom stereocenters. The van der Waals surface area contributed by atoms with Crippen LogP contribution in [-0.4, -0.2) is 36.2 Å². The van der Waals surface area contributed by atoms with Gasteiger partial charge in [0.05, 0.1) is 6.04 Å². The zero-order chi connectivity index (χ0) is 12.0. The summed E-state index contributed by atoms with van der Waals surface area (Å²) in [7, 11) is 2.15. The third-order valence-electron chi connectivity index (χ3n) is 3.95. The second-order valence-electron chi connectivity index (χ2n) is 4.92. The number of halogens is 2. The number of ether oxygens (including phenoxy) is 1. The molecule has 1 saturated heterocycles. The molecular formula is C13H17BrClNO2. The summed E-state index contributed by atoms with van der Waals surface area (Å²) in [4.78, 5) is 2.37. The van der Waals surface area contributed by atoms with Crippen LogP contribution in [0.1, 0.15) is 24.3 Å². The van der Waals surface area contributed by atoms with Crippen molar-refractivity contribution in [3.63, 3.8) is 0 Å². The van der Waals surface area contributed by atoms with Crippen LogP contribution in [-0.2, 0) is 0 Å². The second-order valence-corrected chi connectivity index (χ2v) is 5.77. The summed E-state index contributed by atoms with van der Waals surface area (Å²) >= 11 is 3.59. The van der Waals surface area contributed by atoms with Crippen LogP contribution in [0.4, 0.5) is 0 Å². The molecule has 18 heavy (non-hydrogen) atoms. The maximum Gasteiger partial charge on any atom is 0.165 e. The Morgan fingerprint density at radius 1 is 1.44 bits per heavy atom. The van der Waals surface area contributed by atoms with Crippen LogP contribution in [0, 0.1) is 0 Å². The van der Waals surface area contributed by atoms with E-state index in [1.165, 1.54) is 12.8 Å². The fourth-order valence-corrected chi connectivity index (χ4v) is 3.64. The van der Waals surface area contributed by atoms with Gasteiger partial charge in [-0.15, -0.1) is 12.4 Å². The minimum atomic E-state index is 0. The molecule has 5 heteroatoms. The molecule has 3 nitrogen and oxygen atoms in total. The first kappa shape index (κ1) is 14.0. The second kappa shape index (κ2) is 5.27. The lowest BCUT2D eigenvalue weighted by molar-refractivity contribution is 0.0844.